The molecule has 0 aliphatic heterocycles. The molecule has 0 N–H and O–H groups in total. The Balaban J connectivity index is -0.000000372. The van der Waals surface area contributed by atoms with E-state index in [9.17, 15) is 0 Å². The second kappa shape index (κ2) is 17.0. The van der Waals surface area contributed by atoms with Gasteiger partial charge in [0.2, 0.25) is 0 Å². The van der Waals surface area contributed by atoms with E-state index in [4.69, 9.17) is 49.7 Å². The Bertz CT molecular complexity index is 307. The molecule has 0 amide bonds. The van der Waals surface area contributed by atoms with Crippen molar-refractivity contribution >= 4 is 58.3 Å². The molecule has 0 aliphatic carbocycles. The summed E-state index contributed by atoms with van der Waals surface area (Å²) in [7, 11) is 0. The quantitative estimate of drug-likeness (QED) is 0.280. The van der Waals surface area contributed by atoms with Gasteiger partial charge in [-0.2, -0.15) is 0 Å². The van der Waals surface area contributed by atoms with Crippen molar-refractivity contribution in [3.8, 4) is 0 Å². The molecule has 0 aliphatic rings. The Labute approximate surface area is 191 Å². The molecule has 7 heteroatoms. The van der Waals surface area contributed by atoms with Crippen LogP contribution < -0.4 is 0 Å². The number of thiocarbonyl (C=S) groups is 2. The van der Waals surface area contributed by atoms with Gasteiger partial charge in [0.1, 0.15) is 0 Å². The van der Waals surface area contributed by atoms with Crippen LogP contribution in [-0.4, -0.2) is 44.6 Å². The molecule has 146 valence electrons. The summed E-state index contributed by atoms with van der Waals surface area (Å²) < 4.78 is 1.22. The topological polar surface area (TPSA) is 6.48 Å². The van der Waals surface area contributed by atoms with E-state index in [2.05, 4.69) is 65.2 Å². The fourth-order valence-corrected chi connectivity index (χ4v) is 2.81. The Morgan fingerprint density at radius 2 is 0.760 bits per heavy atom. The SMILES string of the molecule is CC(C)CN(CC(C)C)C(=S)[S-].CC(C)CN(CC(C)C)C(=S)[S-].[Zn]. The predicted molar refractivity (Wildman–Crippen MR) is 122 cm³/mol. The fourth-order valence-electron chi connectivity index (χ4n) is 2.21. The molecule has 0 saturated carbocycles. The van der Waals surface area contributed by atoms with Crippen molar-refractivity contribution in [2.24, 2.45) is 23.7 Å². The molecule has 0 fully saturated rings. The zero-order chi connectivity index (χ0) is 19.4. The van der Waals surface area contributed by atoms with Crippen LogP contribution in [0.5, 0.6) is 0 Å². The first-order valence-electron chi connectivity index (χ1n) is 8.78. The summed E-state index contributed by atoms with van der Waals surface area (Å²) in [6.07, 6.45) is 0. The van der Waals surface area contributed by atoms with Crippen molar-refractivity contribution in [1.29, 1.82) is 0 Å². The summed E-state index contributed by atoms with van der Waals surface area (Å²) in [5, 5.41) is 0. The average Bonchev–Trinajstić information content (AvgIpc) is 2.35. The van der Waals surface area contributed by atoms with Crippen LogP contribution in [0.4, 0.5) is 0 Å². The largest absolute Gasteiger partial charge is 0.411 e. The number of nitrogens with zero attached hydrogens (tertiary/aromatic N) is 2. The maximum absolute atomic E-state index is 4.99. The fraction of sp³-hybridized carbons (Fsp3) is 0.889. The molecule has 0 aromatic carbocycles. The first-order chi connectivity index (χ1) is 10.9. The minimum absolute atomic E-state index is 0. The first-order valence-corrected chi connectivity index (χ1v) is 10.4. The molecule has 0 unspecified atom stereocenters. The van der Waals surface area contributed by atoms with Crippen molar-refractivity contribution < 1.29 is 19.5 Å². The van der Waals surface area contributed by atoms with Crippen LogP contribution in [-0.2, 0) is 44.7 Å². The van der Waals surface area contributed by atoms with Gasteiger partial charge in [0.25, 0.3) is 0 Å². The Kier molecular flexibility index (Phi) is 20.8. The Hall–Kier alpha value is 0.843. The maximum Gasteiger partial charge on any atom is 0.0185 e. The molecule has 0 aromatic rings. The molecular formula is C18H36N2S4Zn-2. The molecule has 0 atom stereocenters. The third-order valence-corrected chi connectivity index (χ3v) is 3.89. The van der Waals surface area contributed by atoms with Crippen LogP contribution >= 0.6 is 24.4 Å². The molecule has 0 spiro atoms. The normalized spacial score (nSPS) is 10.4. The second-order valence-corrected chi connectivity index (χ2v) is 9.98. The van der Waals surface area contributed by atoms with Gasteiger partial charge >= 0.3 is 0 Å². The molecule has 0 heterocycles. The van der Waals surface area contributed by atoms with E-state index in [-0.39, 0.29) is 19.5 Å². The van der Waals surface area contributed by atoms with Crippen LogP contribution in [0, 0.1) is 23.7 Å². The van der Waals surface area contributed by atoms with Crippen molar-refractivity contribution in [2.75, 3.05) is 26.2 Å². The van der Waals surface area contributed by atoms with Gasteiger partial charge in [-0.15, -0.1) is 0 Å². The summed E-state index contributed by atoms with van der Waals surface area (Å²) in [5.41, 5.74) is 0. The Morgan fingerprint density at radius 3 is 0.840 bits per heavy atom. The minimum atomic E-state index is 0. The van der Waals surface area contributed by atoms with Gasteiger partial charge in [0.05, 0.1) is 0 Å². The molecule has 25 heavy (non-hydrogen) atoms. The van der Waals surface area contributed by atoms with E-state index in [1.807, 2.05) is 0 Å². The average molecular weight is 474 g/mol. The smallest absolute Gasteiger partial charge is 0.0185 e. The first kappa shape index (κ1) is 30.6. The van der Waals surface area contributed by atoms with Gasteiger partial charge in [-0.3, -0.25) is 0 Å². The third-order valence-electron chi connectivity index (χ3n) is 2.86. The molecule has 0 rings (SSSR count). The van der Waals surface area contributed by atoms with Crippen LogP contribution in [0.1, 0.15) is 55.4 Å². The summed E-state index contributed by atoms with van der Waals surface area (Å²) in [5.74, 6) is 2.52. The van der Waals surface area contributed by atoms with Gasteiger partial charge in [0.15, 0.2) is 0 Å². The van der Waals surface area contributed by atoms with Crippen LogP contribution in [0.25, 0.3) is 0 Å². The van der Waals surface area contributed by atoms with Gasteiger partial charge < -0.3 is 59.5 Å². The van der Waals surface area contributed by atoms with Crippen molar-refractivity contribution in [2.45, 2.75) is 55.4 Å². The molecule has 0 bridgehead atoms. The van der Waals surface area contributed by atoms with E-state index < -0.39 is 0 Å². The predicted octanol–water partition coefficient (Wildman–Crippen LogP) is 4.86. The van der Waals surface area contributed by atoms with E-state index >= 15 is 0 Å². The van der Waals surface area contributed by atoms with E-state index in [1.165, 1.54) is 0 Å². The van der Waals surface area contributed by atoms with E-state index in [0.29, 0.717) is 32.3 Å². The summed E-state index contributed by atoms with van der Waals surface area (Å²) in [6.45, 7) is 21.4. The van der Waals surface area contributed by atoms with Gasteiger partial charge in [-0.25, -0.2) is 0 Å². The van der Waals surface area contributed by atoms with Gasteiger partial charge in [-0.1, -0.05) is 64.0 Å². The third kappa shape index (κ3) is 21.0. The second-order valence-electron chi connectivity index (χ2n) is 7.92. The number of hydrogen-bond donors (Lipinski definition) is 0. The van der Waals surface area contributed by atoms with Gasteiger partial charge in [-0.05, 0) is 23.7 Å². The summed E-state index contributed by atoms with van der Waals surface area (Å²) >= 11 is 20.0. The van der Waals surface area contributed by atoms with Crippen LogP contribution in [0.15, 0.2) is 0 Å². The monoisotopic (exact) mass is 472 g/mol. The zero-order valence-electron chi connectivity index (χ0n) is 17.4. The summed E-state index contributed by atoms with van der Waals surface area (Å²) in [6, 6.07) is 0. The van der Waals surface area contributed by atoms with Crippen LogP contribution in [0.3, 0.4) is 0 Å². The van der Waals surface area contributed by atoms with E-state index in [1.54, 1.807) is 0 Å². The van der Waals surface area contributed by atoms with Crippen molar-refractivity contribution in [1.82, 2.24) is 9.80 Å². The molecule has 0 saturated heterocycles. The molecule has 2 nitrogen and oxygen atoms in total. The number of hydrogen-bond acceptors (Lipinski definition) is 4. The van der Waals surface area contributed by atoms with Gasteiger partial charge in [0, 0.05) is 45.7 Å². The zero-order valence-corrected chi connectivity index (χ0v) is 23.6. The molecule has 0 radical (unpaired) electrons. The van der Waals surface area contributed by atoms with Crippen molar-refractivity contribution in [3.05, 3.63) is 0 Å². The van der Waals surface area contributed by atoms with Crippen LogP contribution in [0.2, 0.25) is 0 Å². The molecular weight excluding hydrogens is 438 g/mol. The minimum Gasteiger partial charge on any atom is -0.411 e. The molecule has 0 aromatic heterocycles. The summed E-state index contributed by atoms with van der Waals surface area (Å²) in [4.78, 5) is 4.22. The number of rotatable bonds is 8. The standard InChI is InChI=1S/2C9H19NS2.Zn/c2*1-7(2)5-10(9(11)12)6-8(3)4;/h2*7-8H,5-6H2,1-4H3,(H,11,12);/p-2. The van der Waals surface area contributed by atoms with E-state index in [0.717, 1.165) is 26.2 Å². The van der Waals surface area contributed by atoms with Crippen molar-refractivity contribution in [3.63, 3.8) is 0 Å². The Morgan fingerprint density at radius 1 is 0.600 bits per heavy atom. The maximum atomic E-state index is 4.99.